The first kappa shape index (κ1) is 15.2. The van der Waals surface area contributed by atoms with Gasteiger partial charge in [0.1, 0.15) is 0 Å². The molecule has 0 amide bonds. The molecule has 1 atom stereocenters. The van der Waals surface area contributed by atoms with Crippen LogP contribution in [0.3, 0.4) is 0 Å². The number of hydrogen-bond donors (Lipinski definition) is 1. The zero-order valence-corrected chi connectivity index (χ0v) is 13.1. The van der Waals surface area contributed by atoms with Crippen LogP contribution in [0, 0.1) is 6.92 Å². The van der Waals surface area contributed by atoms with Gasteiger partial charge in [-0.3, -0.25) is 9.80 Å². The molecule has 1 N–H and O–H groups in total. The predicted molar refractivity (Wildman–Crippen MR) is 82.2 cm³/mol. The molecule has 1 aromatic heterocycles. The van der Waals surface area contributed by atoms with Crippen LogP contribution >= 0.6 is 23.7 Å². The fourth-order valence-electron chi connectivity index (χ4n) is 2.92. The van der Waals surface area contributed by atoms with E-state index in [0.717, 1.165) is 12.6 Å². The largest absolute Gasteiger partial charge is 0.315 e. The highest BCUT2D eigenvalue weighted by Crippen LogP contribution is 2.17. The Labute approximate surface area is 125 Å². The molecule has 2 saturated heterocycles. The molecule has 19 heavy (non-hydrogen) atoms. The quantitative estimate of drug-likeness (QED) is 0.913. The van der Waals surface area contributed by atoms with Gasteiger partial charge >= 0.3 is 0 Å². The van der Waals surface area contributed by atoms with Crippen LogP contribution in [0.1, 0.15) is 17.0 Å². The van der Waals surface area contributed by atoms with Gasteiger partial charge < -0.3 is 5.32 Å². The minimum atomic E-state index is 0. The Kier molecular flexibility index (Phi) is 5.59. The van der Waals surface area contributed by atoms with Crippen molar-refractivity contribution in [3.63, 3.8) is 0 Å². The molecule has 0 radical (unpaired) electrons. The van der Waals surface area contributed by atoms with Crippen molar-refractivity contribution in [3.05, 3.63) is 16.1 Å². The van der Waals surface area contributed by atoms with E-state index in [4.69, 9.17) is 0 Å². The van der Waals surface area contributed by atoms with Crippen molar-refractivity contribution in [1.82, 2.24) is 20.1 Å². The van der Waals surface area contributed by atoms with Crippen molar-refractivity contribution in [3.8, 4) is 0 Å². The Morgan fingerprint density at radius 2 is 2.16 bits per heavy atom. The molecular formula is C13H23ClN4S. The fraction of sp³-hybridized carbons (Fsp3) is 0.769. The van der Waals surface area contributed by atoms with Crippen LogP contribution in [0.25, 0.3) is 0 Å². The van der Waals surface area contributed by atoms with E-state index in [1.54, 1.807) is 11.3 Å². The van der Waals surface area contributed by atoms with Crippen LogP contribution < -0.4 is 5.32 Å². The smallest absolute Gasteiger partial charge is 0.0798 e. The second-order valence-corrected chi connectivity index (χ2v) is 6.26. The molecule has 2 aliphatic rings. The predicted octanol–water partition coefficient (Wildman–Crippen LogP) is 1.35. The van der Waals surface area contributed by atoms with Gasteiger partial charge in [0.15, 0.2) is 0 Å². The van der Waals surface area contributed by atoms with Crippen molar-refractivity contribution in [2.75, 3.05) is 39.3 Å². The van der Waals surface area contributed by atoms with E-state index in [-0.39, 0.29) is 12.4 Å². The highest BCUT2D eigenvalue weighted by Gasteiger charge is 2.26. The van der Waals surface area contributed by atoms with Gasteiger partial charge in [-0.15, -0.1) is 23.7 Å². The maximum atomic E-state index is 4.33. The molecule has 1 aromatic rings. The molecule has 0 spiro atoms. The summed E-state index contributed by atoms with van der Waals surface area (Å²) < 4.78 is 0. The molecule has 1 unspecified atom stereocenters. The molecule has 2 fully saturated rings. The summed E-state index contributed by atoms with van der Waals surface area (Å²) >= 11 is 1.79. The Bertz CT molecular complexity index is 384. The van der Waals surface area contributed by atoms with Crippen molar-refractivity contribution in [2.45, 2.75) is 25.9 Å². The van der Waals surface area contributed by atoms with E-state index in [1.807, 2.05) is 5.51 Å². The van der Waals surface area contributed by atoms with Crippen molar-refractivity contribution in [2.24, 2.45) is 0 Å². The maximum absolute atomic E-state index is 4.33. The molecule has 0 aliphatic carbocycles. The first-order valence-corrected chi connectivity index (χ1v) is 7.77. The van der Waals surface area contributed by atoms with Gasteiger partial charge in [-0.1, -0.05) is 0 Å². The summed E-state index contributed by atoms with van der Waals surface area (Å²) in [7, 11) is 0. The molecule has 0 aromatic carbocycles. The van der Waals surface area contributed by atoms with Crippen molar-refractivity contribution in [1.29, 1.82) is 0 Å². The lowest BCUT2D eigenvalue weighted by molar-refractivity contribution is 0.0986. The Hall–Kier alpha value is -0.200. The first-order chi connectivity index (χ1) is 8.83. The molecule has 0 saturated carbocycles. The number of hydrogen-bond acceptors (Lipinski definition) is 5. The number of aromatic nitrogens is 1. The minimum absolute atomic E-state index is 0. The summed E-state index contributed by atoms with van der Waals surface area (Å²) in [4.78, 5) is 11.0. The van der Waals surface area contributed by atoms with E-state index >= 15 is 0 Å². The standard InChI is InChI=1S/C13H22N4S.ClH/c1-11-13(18-10-15-11)9-16-4-6-17(7-5-16)12-2-3-14-8-12;/h10,12,14H,2-9H2,1H3;1H. The Balaban J connectivity index is 0.00000133. The van der Waals surface area contributed by atoms with Crippen LogP contribution in [0.4, 0.5) is 0 Å². The number of rotatable bonds is 3. The lowest BCUT2D eigenvalue weighted by Gasteiger charge is -2.37. The van der Waals surface area contributed by atoms with E-state index in [2.05, 4.69) is 27.0 Å². The molecule has 3 rings (SSSR count). The summed E-state index contributed by atoms with van der Waals surface area (Å²) in [6.07, 6.45) is 1.33. The van der Waals surface area contributed by atoms with Crippen LogP contribution in [0.2, 0.25) is 0 Å². The SMILES string of the molecule is Cc1ncsc1CN1CCN(C2CCNC2)CC1.Cl. The highest BCUT2D eigenvalue weighted by molar-refractivity contribution is 7.09. The average Bonchev–Trinajstić information content (AvgIpc) is 3.03. The van der Waals surface area contributed by atoms with Gasteiger partial charge in [0.05, 0.1) is 11.2 Å². The van der Waals surface area contributed by atoms with Gasteiger partial charge in [-0.2, -0.15) is 0 Å². The number of thiazole rings is 1. The summed E-state index contributed by atoms with van der Waals surface area (Å²) in [5, 5.41) is 3.46. The van der Waals surface area contributed by atoms with Crippen molar-refractivity contribution < 1.29 is 0 Å². The number of nitrogens with zero attached hydrogens (tertiary/aromatic N) is 3. The lowest BCUT2D eigenvalue weighted by Crippen LogP contribution is -2.50. The lowest BCUT2D eigenvalue weighted by atomic mass is 10.2. The normalized spacial score (nSPS) is 25.4. The molecule has 108 valence electrons. The second kappa shape index (κ2) is 6.99. The zero-order chi connectivity index (χ0) is 12.4. The maximum Gasteiger partial charge on any atom is 0.0798 e. The number of halogens is 1. The van der Waals surface area contributed by atoms with Crippen LogP contribution in [0.5, 0.6) is 0 Å². The third kappa shape index (κ3) is 3.67. The third-order valence-electron chi connectivity index (χ3n) is 4.17. The zero-order valence-electron chi connectivity index (χ0n) is 11.5. The van der Waals surface area contributed by atoms with E-state index in [0.29, 0.717) is 0 Å². The van der Waals surface area contributed by atoms with Gasteiger partial charge in [0, 0.05) is 50.2 Å². The van der Waals surface area contributed by atoms with Crippen LogP contribution in [-0.2, 0) is 6.54 Å². The van der Waals surface area contributed by atoms with Crippen LogP contribution in [-0.4, -0.2) is 60.1 Å². The molecule has 6 heteroatoms. The van der Waals surface area contributed by atoms with Gasteiger partial charge in [0.2, 0.25) is 0 Å². The first-order valence-electron chi connectivity index (χ1n) is 6.89. The number of aryl methyl sites for hydroxylation is 1. The minimum Gasteiger partial charge on any atom is -0.315 e. The Morgan fingerprint density at radius 3 is 2.74 bits per heavy atom. The fourth-order valence-corrected chi connectivity index (χ4v) is 3.74. The van der Waals surface area contributed by atoms with Gasteiger partial charge in [0.25, 0.3) is 0 Å². The number of nitrogens with one attached hydrogen (secondary N) is 1. The monoisotopic (exact) mass is 302 g/mol. The van der Waals surface area contributed by atoms with Gasteiger partial charge in [-0.05, 0) is 19.9 Å². The highest BCUT2D eigenvalue weighted by atomic mass is 35.5. The molecule has 2 aliphatic heterocycles. The van der Waals surface area contributed by atoms with Gasteiger partial charge in [-0.25, -0.2) is 4.98 Å². The summed E-state index contributed by atoms with van der Waals surface area (Å²) in [6, 6.07) is 0.789. The van der Waals surface area contributed by atoms with E-state index < -0.39 is 0 Å². The van der Waals surface area contributed by atoms with E-state index in [1.165, 1.54) is 56.3 Å². The van der Waals surface area contributed by atoms with E-state index in [9.17, 15) is 0 Å². The third-order valence-corrected chi connectivity index (χ3v) is 5.09. The summed E-state index contributed by atoms with van der Waals surface area (Å²) in [5.41, 5.74) is 3.17. The van der Waals surface area contributed by atoms with Crippen LogP contribution in [0.15, 0.2) is 5.51 Å². The molecule has 4 nitrogen and oxygen atoms in total. The topological polar surface area (TPSA) is 31.4 Å². The second-order valence-electron chi connectivity index (χ2n) is 5.32. The molecule has 3 heterocycles. The summed E-state index contributed by atoms with van der Waals surface area (Å²) in [5.74, 6) is 0. The number of piperazine rings is 1. The van der Waals surface area contributed by atoms with Crippen molar-refractivity contribution >= 4 is 23.7 Å². The molecular weight excluding hydrogens is 280 g/mol. The Morgan fingerprint density at radius 1 is 1.37 bits per heavy atom. The summed E-state index contributed by atoms with van der Waals surface area (Å²) in [6.45, 7) is 10.5. The molecule has 0 bridgehead atoms. The average molecular weight is 303 g/mol.